The van der Waals surface area contributed by atoms with Gasteiger partial charge in [-0.2, -0.15) is 9.97 Å². The number of carbonyl (C=O) groups excluding carboxylic acids is 1. The van der Waals surface area contributed by atoms with Crippen molar-refractivity contribution in [2.24, 2.45) is 0 Å². The van der Waals surface area contributed by atoms with Crippen molar-refractivity contribution in [2.75, 3.05) is 82.5 Å². The Labute approximate surface area is 229 Å². The van der Waals surface area contributed by atoms with Crippen molar-refractivity contribution in [1.82, 2.24) is 19.8 Å². The highest BCUT2D eigenvalue weighted by molar-refractivity contribution is 5.87. The number of fused-ring (bicyclic) bond motifs is 1. The summed E-state index contributed by atoms with van der Waals surface area (Å²) in [7, 11) is 2.05. The second-order valence-electron chi connectivity index (χ2n) is 9.78. The maximum Gasteiger partial charge on any atom is 0.318 e. The van der Waals surface area contributed by atoms with Crippen LogP contribution in [0.2, 0.25) is 0 Å². The Kier molecular flexibility index (Phi) is 9.94. The standard InChI is InChI=1S/C28H39FN6O4/c1-4-26(37)33-12-14-34(15-13-33)27-22-9-11-35(25-19-21(36)7-8-23(25)29)20-24(22)30-28(31-27)39-17-6-10-32(3)16-18-38-5-2/h4,7-8,19,36H,1,5-6,9-18,20H2,2-3H3. The van der Waals surface area contributed by atoms with E-state index in [1.807, 2.05) is 11.8 Å². The van der Waals surface area contributed by atoms with Crippen LogP contribution >= 0.6 is 0 Å². The van der Waals surface area contributed by atoms with Crippen LogP contribution in [-0.4, -0.2) is 103 Å². The molecular weight excluding hydrogens is 503 g/mol. The van der Waals surface area contributed by atoms with Crippen LogP contribution in [0.5, 0.6) is 11.8 Å². The number of amides is 1. The summed E-state index contributed by atoms with van der Waals surface area (Å²) in [4.78, 5) is 29.6. The molecule has 0 unspecified atom stereocenters. The molecule has 1 amide bonds. The van der Waals surface area contributed by atoms with Crippen molar-refractivity contribution in [3.05, 3.63) is 47.9 Å². The molecule has 0 aliphatic carbocycles. The largest absolute Gasteiger partial charge is 0.508 e. The molecule has 0 saturated carbocycles. The number of carbonyl (C=O) groups is 1. The SMILES string of the molecule is C=CC(=O)N1CCN(c2nc(OCCCN(C)CCOCC)nc3c2CCN(c2cc(O)ccc2F)C3)CC1. The van der Waals surface area contributed by atoms with Crippen LogP contribution in [0.25, 0.3) is 0 Å². The third kappa shape index (κ3) is 7.36. The quantitative estimate of drug-likeness (QED) is 0.321. The molecule has 0 spiro atoms. The highest BCUT2D eigenvalue weighted by atomic mass is 19.1. The molecule has 11 heteroatoms. The zero-order valence-corrected chi connectivity index (χ0v) is 22.9. The van der Waals surface area contributed by atoms with Crippen LogP contribution < -0.4 is 14.5 Å². The lowest BCUT2D eigenvalue weighted by Gasteiger charge is -2.38. The van der Waals surface area contributed by atoms with Crippen molar-refractivity contribution in [3.8, 4) is 11.8 Å². The third-order valence-corrected chi connectivity index (χ3v) is 7.10. The number of phenols is 1. The fraction of sp³-hybridized carbons (Fsp3) is 0.536. The van der Waals surface area contributed by atoms with Crippen molar-refractivity contribution in [3.63, 3.8) is 0 Å². The first-order chi connectivity index (χ1) is 18.9. The molecule has 10 nitrogen and oxygen atoms in total. The second-order valence-corrected chi connectivity index (χ2v) is 9.78. The van der Waals surface area contributed by atoms with Gasteiger partial charge in [-0.25, -0.2) is 4.39 Å². The Balaban J connectivity index is 1.50. The zero-order valence-electron chi connectivity index (χ0n) is 22.9. The average molecular weight is 543 g/mol. The van der Waals surface area contributed by atoms with Gasteiger partial charge in [0.1, 0.15) is 17.4 Å². The number of hydrogen-bond donors (Lipinski definition) is 1. The number of halogens is 1. The number of anilines is 2. The van der Waals surface area contributed by atoms with Gasteiger partial charge in [-0.1, -0.05) is 6.58 Å². The maximum absolute atomic E-state index is 14.6. The fourth-order valence-corrected chi connectivity index (χ4v) is 4.91. The minimum absolute atomic E-state index is 0.0164. The van der Waals surface area contributed by atoms with E-state index in [4.69, 9.17) is 19.4 Å². The van der Waals surface area contributed by atoms with Gasteiger partial charge in [0.05, 0.1) is 31.1 Å². The Morgan fingerprint density at radius 2 is 1.95 bits per heavy atom. The van der Waals surface area contributed by atoms with E-state index in [9.17, 15) is 14.3 Å². The van der Waals surface area contributed by atoms with Gasteiger partial charge in [0.15, 0.2) is 0 Å². The van der Waals surface area contributed by atoms with Gasteiger partial charge in [0.2, 0.25) is 5.91 Å². The lowest BCUT2D eigenvalue weighted by atomic mass is 10.0. The van der Waals surface area contributed by atoms with Gasteiger partial charge in [-0.3, -0.25) is 4.79 Å². The molecular formula is C28H39FN6O4. The number of aromatic hydroxyl groups is 1. The molecule has 0 atom stereocenters. The summed E-state index contributed by atoms with van der Waals surface area (Å²) in [5.41, 5.74) is 2.13. The van der Waals surface area contributed by atoms with E-state index < -0.39 is 5.82 Å². The van der Waals surface area contributed by atoms with Gasteiger partial charge >= 0.3 is 6.01 Å². The Bertz CT molecular complexity index is 1140. The third-order valence-electron chi connectivity index (χ3n) is 7.10. The van der Waals surface area contributed by atoms with E-state index in [-0.39, 0.29) is 11.7 Å². The number of phenolic OH excluding ortho intramolecular Hbond substituents is 1. The van der Waals surface area contributed by atoms with Crippen LogP contribution in [0, 0.1) is 5.82 Å². The number of likely N-dealkylation sites (N-methyl/N-ethyl adjacent to an activating group) is 1. The molecule has 2 aliphatic heterocycles. The molecule has 1 N–H and O–H groups in total. The lowest BCUT2D eigenvalue weighted by molar-refractivity contribution is -0.126. The average Bonchev–Trinajstić information content (AvgIpc) is 2.95. The molecule has 1 fully saturated rings. The van der Waals surface area contributed by atoms with Crippen LogP contribution in [-0.2, 0) is 22.5 Å². The highest BCUT2D eigenvalue weighted by Crippen LogP contribution is 2.33. The van der Waals surface area contributed by atoms with E-state index in [1.165, 1.54) is 24.3 Å². The summed E-state index contributed by atoms with van der Waals surface area (Å²) in [6.45, 7) is 12.5. The van der Waals surface area contributed by atoms with Gasteiger partial charge in [0.25, 0.3) is 0 Å². The molecule has 1 saturated heterocycles. The number of hydrogen-bond acceptors (Lipinski definition) is 9. The van der Waals surface area contributed by atoms with Gasteiger partial charge < -0.3 is 34.2 Å². The predicted octanol–water partition coefficient (Wildman–Crippen LogP) is 2.46. The van der Waals surface area contributed by atoms with Crippen LogP contribution in [0.15, 0.2) is 30.9 Å². The van der Waals surface area contributed by atoms with Crippen LogP contribution in [0.1, 0.15) is 24.6 Å². The molecule has 3 heterocycles. The maximum atomic E-state index is 14.6. The van der Waals surface area contributed by atoms with Crippen molar-refractivity contribution < 1.29 is 23.8 Å². The van der Waals surface area contributed by atoms with Gasteiger partial charge in [0, 0.05) is 64.0 Å². The second kappa shape index (κ2) is 13.6. The van der Waals surface area contributed by atoms with Crippen LogP contribution in [0.4, 0.5) is 15.9 Å². The molecule has 4 rings (SSSR count). The normalized spacial score (nSPS) is 15.4. The molecule has 2 aromatic rings. The summed E-state index contributed by atoms with van der Waals surface area (Å²) in [6.07, 6.45) is 2.77. The Hall–Kier alpha value is -3.44. The summed E-state index contributed by atoms with van der Waals surface area (Å²) in [5.74, 6) is 0.366. The molecule has 1 aromatic carbocycles. The monoisotopic (exact) mass is 542 g/mol. The van der Waals surface area contributed by atoms with Gasteiger partial charge in [-0.05, 0) is 45.0 Å². The Morgan fingerprint density at radius 1 is 1.15 bits per heavy atom. The van der Waals surface area contributed by atoms with Gasteiger partial charge in [-0.15, -0.1) is 0 Å². The molecule has 0 bridgehead atoms. The summed E-state index contributed by atoms with van der Waals surface area (Å²) < 4.78 is 26.1. The number of piperazine rings is 1. The first-order valence-corrected chi connectivity index (χ1v) is 13.6. The molecule has 2 aliphatic rings. The van der Waals surface area contributed by atoms with E-state index in [1.54, 1.807) is 4.90 Å². The number of rotatable bonds is 12. The summed E-state index contributed by atoms with van der Waals surface area (Å²) >= 11 is 0. The lowest BCUT2D eigenvalue weighted by Crippen LogP contribution is -2.49. The number of nitrogens with zero attached hydrogens (tertiary/aromatic N) is 6. The predicted molar refractivity (Wildman–Crippen MR) is 148 cm³/mol. The fourth-order valence-electron chi connectivity index (χ4n) is 4.91. The van der Waals surface area contributed by atoms with Crippen LogP contribution in [0.3, 0.4) is 0 Å². The van der Waals surface area contributed by atoms with E-state index in [0.717, 1.165) is 36.6 Å². The van der Waals surface area contributed by atoms with E-state index in [2.05, 4.69) is 23.4 Å². The first-order valence-electron chi connectivity index (χ1n) is 13.6. The molecule has 212 valence electrons. The molecule has 39 heavy (non-hydrogen) atoms. The van der Waals surface area contributed by atoms with E-state index >= 15 is 0 Å². The highest BCUT2D eigenvalue weighted by Gasteiger charge is 2.29. The number of aromatic nitrogens is 2. The number of benzene rings is 1. The first kappa shape index (κ1) is 28.6. The zero-order chi connectivity index (χ0) is 27.8. The number of ether oxygens (including phenoxy) is 2. The summed E-state index contributed by atoms with van der Waals surface area (Å²) in [5, 5.41) is 9.93. The minimum Gasteiger partial charge on any atom is -0.508 e. The summed E-state index contributed by atoms with van der Waals surface area (Å²) in [6, 6.07) is 4.35. The van der Waals surface area contributed by atoms with Crippen molar-refractivity contribution in [1.29, 1.82) is 0 Å². The molecule has 1 aromatic heterocycles. The van der Waals surface area contributed by atoms with Crippen molar-refractivity contribution >= 4 is 17.4 Å². The van der Waals surface area contributed by atoms with E-state index in [0.29, 0.717) is 77.2 Å². The topological polar surface area (TPSA) is 94.5 Å². The van der Waals surface area contributed by atoms with Crippen molar-refractivity contribution in [2.45, 2.75) is 26.3 Å². The smallest absolute Gasteiger partial charge is 0.318 e. The Morgan fingerprint density at radius 3 is 2.69 bits per heavy atom. The molecule has 0 radical (unpaired) electrons. The minimum atomic E-state index is -0.390.